The number of hydrogen-bond donors (Lipinski definition) is 1. The van der Waals surface area contributed by atoms with Crippen molar-refractivity contribution in [2.24, 2.45) is 0 Å². The quantitative estimate of drug-likeness (QED) is 0.781. The average Bonchev–Trinajstić information content (AvgIpc) is 3.24. The Bertz CT molecular complexity index is 894. The SMILES string of the molecule is COc1ccc(C(=O)NCCc2cccnc2)cc1S(=O)(=O)N1CCCC1. The number of hydrogen-bond acceptors (Lipinski definition) is 5. The number of pyridine rings is 1. The fourth-order valence-corrected chi connectivity index (χ4v) is 4.75. The molecule has 1 aromatic carbocycles. The van der Waals surface area contributed by atoms with Crippen LogP contribution in [0.4, 0.5) is 0 Å². The molecule has 0 spiro atoms. The van der Waals surface area contributed by atoms with E-state index in [0.29, 0.717) is 31.6 Å². The number of benzene rings is 1. The lowest BCUT2D eigenvalue weighted by molar-refractivity contribution is 0.0954. The van der Waals surface area contributed by atoms with Gasteiger partial charge in [-0.25, -0.2) is 8.42 Å². The summed E-state index contributed by atoms with van der Waals surface area (Å²) < 4.78 is 32.5. The number of amides is 1. The van der Waals surface area contributed by atoms with E-state index in [-0.39, 0.29) is 16.6 Å². The van der Waals surface area contributed by atoms with Crippen LogP contribution in [0.3, 0.4) is 0 Å². The number of methoxy groups -OCH3 is 1. The van der Waals surface area contributed by atoms with Crippen molar-refractivity contribution < 1.29 is 17.9 Å². The Morgan fingerprint density at radius 3 is 2.70 bits per heavy atom. The van der Waals surface area contributed by atoms with Crippen molar-refractivity contribution in [3.63, 3.8) is 0 Å². The van der Waals surface area contributed by atoms with Gasteiger partial charge in [0.25, 0.3) is 5.91 Å². The van der Waals surface area contributed by atoms with Gasteiger partial charge >= 0.3 is 0 Å². The van der Waals surface area contributed by atoms with Crippen LogP contribution in [-0.4, -0.2) is 50.4 Å². The molecule has 1 amide bonds. The maximum absolute atomic E-state index is 12.9. The summed E-state index contributed by atoms with van der Waals surface area (Å²) in [6.45, 7) is 1.42. The van der Waals surface area contributed by atoms with Gasteiger partial charge < -0.3 is 10.1 Å². The van der Waals surface area contributed by atoms with Gasteiger partial charge in [0.05, 0.1) is 7.11 Å². The van der Waals surface area contributed by atoms with Gasteiger partial charge in [-0.2, -0.15) is 4.31 Å². The summed E-state index contributed by atoms with van der Waals surface area (Å²) in [4.78, 5) is 16.5. The van der Waals surface area contributed by atoms with Gasteiger partial charge in [0.1, 0.15) is 10.6 Å². The number of sulfonamides is 1. The molecule has 8 heteroatoms. The van der Waals surface area contributed by atoms with Gasteiger partial charge in [-0.1, -0.05) is 6.07 Å². The molecule has 2 aromatic rings. The van der Waals surface area contributed by atoms with Crippen LogP contribution in [0.25, 0.3) is 0 Å². The van der Waals surface area contributed by atoms with E-state index in [1.807, 2.05) is 12.1 Å². The van der Waals surface area contributed by atoms with E-state index in [9.17, 15) is 13.2 Å². The molecule has 27 heavy (non-hydrogen) atoms. The highest BCUT2D eigenvalue weighted by Gasteiger charge is 2.30. The predicted octanol–water partition coefficient (Wildman–Crippen LogP) is 1.85. The Kier molecular flexibility index (Phi) is 6.08. The second kappa shape index (κ2) is 8.49. The highest BCUT2D eigenvalue weighted by Crippen LogP contribution is 2.29. The average molecular weight is 389 g/mol. The normalized spacial score (nSPS) is 14.9. The number of ether oxygens (including phenoxy) is 1. The molecule has 0 aliphatic carbocycles. The molecule has 0 radical (unpaired) electrons. The van der Waals surface area contributed by atoms with E-state index in [1.165, 1.54) is 23.5 Å². The molecule has 2 heterocycles. The number of aromatic nitrogens is 1. The third kappa shape index (κ3) is 4.45. The molecule has 0 saturated carbocycles. The molecule has 0 bridgehead atoms. The van der Waals surface area contributed by atoms with E-state index in [2.05, 4.69) is 10.3 Å². The maximum atomic E-state index is 12.9. The van der Waals surface area contributed by atoms with E-state index in [0.717, 1.165) is 18.4 Å². The Hall–Kier alpha value is -2.45. The molecule has 0 atom stereocenters. The van der Waals surface area contributed by atoms with Crippen molar-refractivity contribution in [1.29, 1.82) is 0 Å². The third-order valence-electron chi connectivity index (χ3n) is 4.53. The van der Waals surface area contributed by atoms with Crippen LogP contribution in [0.1, 0.15) is 28.8 Å². The topological polar surface area (TPSA) is 88.6 Å². The number of rotatable bonds is 7. The first-order chi connectivity index (χ1) is 13.0. The summed E-state index contributed by atoms with van der Waals surface area (Å²) >= 11 is 0. The zero-order chi connectivity index (χ0) is 19.3. The molecule has 1 aliphatic heterocycles. The minimum atomic E-state index is -3.68. The summed E-state index contributed by atoms with van der Waals surface area (Å²) in [7, 11) is -2.26. The summed E-state index contributed by atoms with van der Waals surface area (Å²) in [6, 6.07) is 8.27. The summed E-state index contributed by atoms with van der Waals surface area (Å²) in [5, 5.41) is 2.82. The van der Waals surface area contributed by atoms with Crippen LogP contribution in [0.2, 0.25) is 0 Å². The molecule has 1 saturated heterocycles. The second-order valence-corrected chi connectivity index (χ2v) is 8.25. The summed E-state index contributed by atoms with van der Waals surface area (Å²) in [5.41, 5.74) is 1.31. The van der Waals surface area contributed by atoms with Gasteiger partial charge in [0, 0.05) is 37.6 Å². The lowest BCUT2D eigenvalue weighted by Gasteiger charge is -2.18. The van der Waals surface area contributed by atoms with Crippen LogP contribution in [-0.2, 0) is 16.4 Å². The molecule has 7 nitrogen and oxygen atoms in total. The Morgan fingerprint density at radius 2 is 2.04 bits per heavy atom. The predicted molar refractivity (Wildman–Crippen MR) is 101 cm³/mol. The second-order valence-electron chi connectivity index (χ2n) is 6.34. The van der Waals surface area contributed by atoms with Crippen molar-refractivity contribution in [3.05, 3.63) is 53.9 Å². The molecule has 1 aromatic heterocycles. The third-order valence-corrected chi connectivity index (χ3v) is 6.45. The first-order valence-electron chi connectivity index (χ1n) is 8.87. The van der Waals surface area contributed by atoms with Gasteiger partial charge in [-0.15, -0.1) is 0 Å². The molecule has 1 N–H and O–H groups in total. The highest BCUT2D eigenvalue weighted by molar-refractivity contribution is 7.89. The van der Waals surface area contributed by atoms with Crippen LogP contribution >= 0.6 is 0 Å². The standard InChI is InChI=1S/C19H23N3O4S/c1-26-17-7-6-16(13-18(17)27(24,25)22-11-2-3-12-22)19(23)21-10-8-15-5-4-9-20-14-15/h4-7,9,13-14H,2-3,8,10-12H2,1H3,(H,21,23). The lowest BCUT2D eigenvalue weighted by atomic mass is 10.2. The van der Waals surface area contributed by atoms with Gasteiger partial charge in [-0.3, -0.25) is 9.78 Å². The van der Waals surface area contributed by atoms with Gasteiger partial charge in [0.15, 0.2) is 0 Å². The van der Waals surface area contributed by atoms with Crippen molar-refractivity contribution in [3.8, 4) is 5.75 Å². The molecule has 0 unspecified atom stereocenters. The molecule has 1 fully saturated rings. The monoisotopic (exact) mass is 389 g/mol. The maximum Gasteiger partial charge on any atom is 0.251 e. The zero-order valence-corrected chi connectivity index (χ0v) is 16.0. The van der Waals surface area contributed by atoms with E-state index in [1.54, 1.807) is 18.5 Å². The van der Waals surface area contributed by atoms with Crippen molar-refractivity contribution in [2.75, 3.05) is 26.7 Å². The van der Waals surface area contributed by atoms with Crippen LogP contribution in [0.5, 0.6) is 5.75 Å². The van der Waals surface area contributed by atoms with E-state index in [4.69, 9.17) is 4.74 Å². The number of nitrogens with one attached hydrogen (secondary N) is 1. The lowest BCUT2D eigenvalue weighted by Crippen LogP contribution is -2.29. The zero-order valence-electron chi connectivity index (χ0n) is 15.2. The number of nitrogens with zero attached hydrogens (tertiary/aromatic N) is 2. The van der Waals surface area contributed by atoms with Crippen molar-refractivity contribution in [2.45, 2.75) is 24.2 Å². The Morgan fingerprint density at radius 1 is 1.26 bits per heavy atom. The van der Waals surface area contributed by atoms with Gasteiger partial charge in [0.2, 0.25) is 10.0 Å². The fourth-order valence-electron chi connectivity index (χ4n) is 3.06. The van der Waals surface area contributed by atoms with Gasteiger partial charge in [-0.05, 0) is 49.1 Å². The Balaban J connectivity index is 1.75. The van der Waals surface area contributed by atoms with Crippen LogP contribution in [0.15, 0.2) is 47.6 Å². The van der Waals surface area contributed by atoms with Crippen LogP contribution < -0.4 is 10.1 Å². The van der Waals surface area contributed by atoms with E-state index >= 15 is 0 Å². The Labute approximate surface area is 159 Å². The largest absolute Gasteiger partial charge is 0.495 e. The molecular formula is C19H23N3O4S. The number of carbonyl (C=O) groups is 1. The summed E-state index contributed by atoms with van der Waals surface area (Å²) in [6.07, 6.45) is 5.78. The first-order valence-corrected chi connectivity index (χ1v) is 10.3. The first kappa shape index (κ1) is 19.3. The highest BCUT2D eigenvalue weighted by atomic mass is 32.2. The molecule has 1 aliphatic rings. The fraction of sp³-hybridized carbons (Fsp3) is 0.368. The molecule has 144 valence electrons. The van der Waals surface area contributed by atoms with E-state index < -0.39 is 10.0 Å². The van der Waals surface area contributed by atoms with Crippen molar-refractivity contribution >= 4 is 15.9 Å². The smallest absolute Gasteiger partial charge is 0.251 e. The summed E-state index contributed by atoms with van der Waals surface area (Å²) in [5.74, 6) is -0.0757. The minimum absolute atomic E-state index is 0.0341. The van der Waals surface area contributed by atoms with Crippen LogP contribution in [0, 0.1) is 0 Å². The minimum Gasteiger partial charge on any atom is -0.495 e. The molecule has 3 rings (SSSR count). The number of carbonyl (C=O) groups excluding carboxylic acids is 1. The van der Waals surface area contributed by atoms with Crippen molar-refractivity contribution in [1.82, 2.24) is 14.6 Å². The molecular weight excluding hydrogens is 366 g/mol.